The first kappa shape index (κ1) is 17.9. The molecule has 0 aliphatic heterocycles. The van der Waals surface area contributed by atoms with Crippen molar-refractivity contribution < 1.29 is 19.5 Å². The Morgan fingerprint density at radius 1 is 1.08 bits per heavy atom. The van der Waals surface area contributed by atoms with Crippen LogP contribution in [0.5, 0.6) is 0 Å². The van der Waals surface area contributed by atoms with Gasteiger partial charge in [0.25, 0.3) is 0 Å². The number of carboxylic acid groups (broad SMARTS) is 1. The van der Waals surface area contributed by atoms with Crippen LogP contribution in [-0.2, 0) is 14.4 Å². The highest BCUT2D eigenvalue weighted by atomic mass is 16.4. The van der Waals surface area contributed by atoms with E-state index in [0.717, 1.165) is 44.1 Å². The zero-order chi connectivity index (χ0) is 18.9. The predicted molar refractivity (Wildman–Crippen MR) is 97.4 cm³/mol. The number of ketones is 2. The topological polar surface area (TPSA) is 71.4 Å². The van der Waals surface area contributed by atoms with Crippen molar-refractivity contribution >= 4 is 17.5 Å². The third kappa shape index (κ3) is 2.23. The molecule has 142 valence electrons. The summed E-state index contributed by atoms with van der Waals surface area (Å²) >= 11 is 0. The van der Waals surface area contributed by atoms with E-state index >= 15 is 0 Å². The fraction of sp³-hybridized carbons (Fsp3) is 0.773. The normalized spacial score (nSPS) is 47.4. The summed E-state index contributed by atoms with van der Waals surface area (Å²) in [7, 11) is 0. The second-order valence-corrected chi connectivity index (χ2v) is 9.71. The highest BCUT2D eigenvalue weighted by Crippen LogP contribution is 2.67. The third-order valence-corrected chi connectivity index (χ3v) is 8.90. The summed E-state index contributed by atoms with van der Waals surface area (Å²) in [4.78, 5) is 36.4. The predicted octanol–water partition coefficient (Wildman–Crippen LogP) is 4.03. The molecule has 0 aromatic heterocycles. The molecule has 3 fully saturated rings. The maximum absolute atomic E-state index is 12.2. The molecule has 1 unspecified atom stereocenters. The first-order chi connectivity index (χ1) is 12.2. The van der Waals surface area contributed by atoms with Crippen LogP contribution in [0.25, 0.3) is 0 Å². The number of Topliss-reactive ketones (excluding diaryl/α,β-unsaturated/α-hetero) is 1. The van der Waals surface area contributed by atoms with Gasteiger partial charge in [0, 0.05) is 17.8 Å². The zero-order valence-corrected chi connectivity index (χ0v) is 16.1. The zero-order valence-electron chi connectivity index (χ0n) is 16.1. The van der Waals surface area contributed by atoms with Gasteiger partial charge in [0.05, 0.1) is 5.92 Å². The number of hydrogen-bond donors (Lipinski definition) is 1. The minimum atomic E-state index is -0.825. The van der Waals surface area contributed by atoms with Crippen molar-refractivity contribution in [2.45, 2.75) is 65.7 Å². The van der Waals surface area contributed by atoms with Crippen molar-refractivity contribution in [3.63, 3.8) is 0 Å². The van der Waals surface area contributed by atoms with Crippen LogP contribution >= 0.6 is 0 Å². The Balaban J connectivity index is 1.73. The molecule has 4 nitrogen and oxygen atoms in total. The first-order valence-electron chi connectivity index (χ1n) is 10.2. The Bertz CT molecular complexity index is 707. The van der Waals surface area contributed by atoms with Crippen molar-refractivity contribution in [2.75, 3.05) is 0 Å². The lowest BCUT2D eigenvalue weighted by molar-refractivity contribution is -0.154. The van der Waals surface area contributed by atoms with Gasteiger partial charge in [0.1, 0.15) is 5.78 Å². The molecule has 4 rings (SSSR count). The van der Waals surface area contributed by atoms with E-state index in [0.29, 0.717) is 23.5 Å². The average Bonchev–Trinajstić information content (AvgIpc) is 2.92. The van der Waals surface area contributed by atoms with E-state index in [1.54, 1.807) is 13.0 Å². The lowest BCUT2D eigenvalue weighted by Crippen LogP contribution is -2.55. The van der Waals surface area contributed by atoms with E-state index in [1.807, 2.05) is 0 Å². The number of carboxylic acids is 1. The van der Waals surface area contributed by atoms with Crippen molar-refractivity contribution in [1.82, 2.24) is 0 Å². The van der Waals surface area contributed by atoms with Crippen LogP contribution in [0.2, 0.25) is 0 Å². The molecule has 0 bridgehead atoms. The van der Waals surface area contributed by atoms with Crippen LogP contribution < -0.4 is 0 Å². The minimum Gasteiger partial charge on any atom is -0.481 e. The van der Waals surface area contributed by atoms with Crippen LogP contribution in [0, 0.1) is 40.4 Å². The Morgan fingerprint density at radius 2 is 1.81 bits per heavy atom. The highest BCUT2D eigenvalue weighted by Gasteiger charge is 2.62. The molecule has 4 aliphatic carbocycles. The Labute approximate surface area is 155 Å². The van der Waals surface area contributed by atoms with Gasteiger partial charge < -0.3 is 5.11 Å². The highest BCUT2D eigenvalue weighted by molar-refractivity contribution is 5.95. The number of aliphatic carboxylic acids is 1. The van der Waals surface area contributed by atoms with Crippen LogP contribution in [-0.4, -0.2) is 22.6 Å². The molecule has 0 aromatic carbocycles. The molecule has 0 radical (unpaired) electrons. The van der Waals surface area contributed by atoms with Gasteiger partial charge in [0.2, 0.25) is 0 Å². The lowest BCUT2D eigenvalue weighted by Gasteiger charge is -2.59. The van der Waals surface area contributed by atoms with Crippen molar-refractivity contribution in [3.05, 3.63) is 11.6 Å². The summed E-state index contributed by atoms with van der Waals surface area (Å²) in [6.07, 6.45) is 7.83. The number of carbonyl (C=O) groups excluding carboxylic acids is 2. The molecule has 0 saturated heterocycles. The standard InChI is InChI=1S/C22H30O4/c1-12(23)16-6-7-17-15-5-4-13-10-14(24)11-19(20(25)26)22(13,3)18(15)8-9-21(16,17)2/h10,15-19H,4-9,11H2,1-3H3,(H,25,26)/t15-,16+,17-,18-,19?,21+,22+/m0/s1. The molecule has 0 amide bonds. The summed E-state index contributed by atoms with van der Waals surface area (Å²) in [5.74, 6) is 0.354. The maximum atomic E-state index is 12.2. The number of hydrogen-bond acceptors (Lipinski definition) is 3. The molecule has 1 N–H and O–H groups in total. The molecule has 4 aliphatic rings. The summed E-state index contributed by atoms with van der Waals surface area (Å²) < 4.78 is 0. The maximum Gasteiger partial charge on any atom is 0.307 e. The Hall–Kier alpha value is -1.45. The molecule has 4 heteroatoms. The van der Waals surface area contributed by atoms with Crippen molar-refractivity contribution in [3.8, 4) is 0 Å². The minimum absolute atomic E-state index is 0.0264. The van der Waals surface area contributed by atoms with Gasteiger partial charge in [-0.2, -0.15) is 0 Å². The number of fused-ring (bicyclic) bond motifs is 5. The molecule has 3 saturated carbocycles. The van der Waals surface area contributed by atoms with Gasteiger partial charge in [-0.25, -0.2) is 0 Å². The molecular formula is C22H30O4. The molecule has 0 aromatic rings. The quantitative estimate of drug-likeness (QED) is 0.809. The average molecular weight is 358 g/mol. The second kappa shape index (κ2) is 5.77. The SMILES string of the molecule is CC(=O)[C@H]1CC[C@H]2[C@@H]3CCC4=CC(=O)CC(C(=O)O)[C@@]4(C)[C@H]3CC[C@]12C. The summed E-state index contributed by atoms with van der Waals surface area (Å²) in [5, 5.41) is 9.88. The smallest absolute Gasteiger partial charge is 0.307 e. The van der Waals surface area contributed by atoms with Crippen LogP contribution in [0.15, 0.2) is 11.6 Å². The molecule has 0 heterocycles. The fourth-order valence-corrected chi connectivity index (χ4v) is 7.65. The van der Waals surface area contributed by atoms with E-state index in [2.05, 4.69) is 13.8 Å². The van der Waals surface area contributed by atoms with Crippen molar-refractivity contribution in [1.29, 1.82) is 0 Å². The van der Waals surface area contributed by atoms with E-state index in [-0.39, 0.29) is 23.5 Å². The summed E-state index contributed by atoms with van der Waals surface area (Å²) in [5.41, 5.74) is 0.749. The van der Waals surface area contributed by atoms with Gasteiger partial charge in [-0.1, -0.05) is 19.4 Å². The largest absolute Gasteiger partial charge is 0.481 e. The summed E-state index contributed by atoms with van der Waals surface area (Å²) in [6.45, 7) is 6.15. The Kier molecular flexibility index (Phi) is 3.98. The molecule has 26 heavy (non-hydrogen) atoms. The van der Waals surface area contributed by atoms with E-state index in [1.165, 1.54) is 0 Å². The monoisotopic (exact) mass is 358 g/mol. The van der Waals surface area contributed by atoms with E-state index < -0.39 is 17.3 Å². The summed E-state index contributed by atoms with van der Waals surface area (Å²) in [6, 6.07) is 0. The van der Waals surface area contributed by atoms with Gasteiger partial charge in [-0.15, -0.1) is 0 Å². The molecule has 0 spiro atoms. The fourth-order valence-electron chi connectivity index (χ4n) is 7.65. The van der Waals surface area contributed by atoms with E-state index in [4.69, 9.17) is 0 Å². The van der Waals surface area contributed by atoms with Gasteiger partial charge in [-0.05, 0) is 74.7 Å². The van der Waals surface area contributed by atoms with Gasteiger partial charge >= 0.3 is 5.97 Å². The van der Waals surface area contributed by atoms with E-state index in [9.17, 15) is 19.5 Å². The van der Waals surface area contributed by atoms with Crippen LogP contribution in [0.3, 0.4) is 0 Å². The lowest BCUT2D eigenvalue weighted by atomic mass is 9.44. The van der Waals surface area contributed by atoms with Gasteiger partial charge in [-0.3, -0.25) is 14.4 Å². The van der Waals surface area contributed by atoms with Crippen LogP contribution in [0.1, 0.15) is 65.7 Å². The number of carbonyl (C=O) groups is 3. The third-order valence-electron chi connectivity index (χ3n) is 8.90. The molecular weight excluding hydrogens is 328 g/mol. The number of rotatable bonds is 2. The Morgan fingerprint density at radius 3 is 2.46 bits per heavy atom. The molecule has 7 atom stereocenters. The van der Waals surface area contributed by atoms with Crippen molar-refractivity contribution in [2.24, 2.45) is 40.4 Å². The van der Waals surface area contributed by atoms with Gasteiger partial charge in [0.15, 0.2) is 5.78 Å². The first-order valence-corrected chi connectivity index (χ1v) is 10.2. The second-order valence-electron chi connectivity index (χ2n) is 9.71. The van der Waals surface area contributed by atoms with Crippen LogP contribution in [0.4, 0.5) is 0 Å². The number of allylic oxidation sites excluding steroid dienone is 1.